The molecule has 0 aliphatic heterocycles. The average Bonchev–Trinajstić information content (AvgIpc) is 3.89. The van der Waals surface area contributed by atoms with Crippen molar-refractivity contribution in [2.45, 2.75) is 10.8 Å². The molecule has 0 aromatic heterocycles. The minimum atomic E-state index is -0.478. The Morgan fingerprint density at radius 3 is 0.838 bits per heavy atom. The molecule has 2 aliphatic rings. The summed E-state index contributed by atoms with van der Waals surface area (Å²) < 4.78 is 0. The van der Waals surface area contributed by atoms with Crippen LogP contribution in [0.5, 0.6) is 0 Å². The highest BCUT2D eigenvalue weighted by molar-refractivity contribution is 6.24. The van der Waals surface area contributed by atoms with Crippen molar-refractivity contribution >= 4 is 32.3 Å². The van der Waals surface area contributed by atoms with E-state index in [0.29, 0.717) is 0 Å². The van der Waals surface area contributed by atoms with E-state index >= 15 is 0 Å². The highest BCUT2D eigenvalue weighted by atomic mass is 14.5. The van der Waals surface area contributed by atoms with Gasteiger partial charge in [0.2, 0.25) is 0 Å². The zero-order valence-electron chi connectivity index (χ0n) is 37.4. The fourth-order valence-electron chi connectivity index (χ4n) is 12.7. The van der Waals surface area contributed by atoms with E-state index < -0.39 is 10.8 Å². The second-order valence-corrected chi connectivity index (χ2v) is 18.6. The standard InChI is InChI=1S/C68H44/c1-5-21-47(22-6-1)67(48-23-7-2-8-24-48)63-35-19-17-33-55(63)57-39-37-45(41-65(57)67)59-43-61-54-32-16-14-30-52(54)60(44-62(61)53-31-15-13-29-51(53)59)46-38-40-58-56-34-18-20-36-64(56)68(66(58)42-46,49-25-9-3-10-26-49)50-27-11-4-12-28-50/h1-44H. The first kappa shape index (κ1) is 38.7. The molecular formula is C68H44. The fourth-order valence-corrected chi connectivity index (χ4v) is 12.7. The lowest BCUT2D eigenvalue weighted by Gasteiger charge is -2.34. The molecule has 0 unspecified atom stereocenters. The van der Waals surface area contributed by atoms with Crippen LogP contribution >= 0.6 is 0 Å². The van der Waals surface area contributed by atoms with Crippen LogP contribution in [-0.2, 0) is 10.8 Å². The van der Waals surface area contributed by atoms with Gasteiger partial charge in [0.1, 0.15) is 0 Å². The van der Waals surface area contributed by atoms with Gasteiger partial charge in [-0.25, -0.2) is 0 Å². The van der Waals surface area contributed by atoms with Gasteiger partial charge >= 0.3 is 0 Å². The third kappa shape index (κ3) is 5.32. The van der Waals surface area contributed by atoms with Crippen LogP contribution in [0.4, 0.5) is 0 Å². The smallest absolute Gasteiger partial charge is 0.0622 e. The van der Waals surface area contributed by atoms with Gasteiger partial charge in [-0.1, -0.05) is 243 Å². The quantitative estimate of drug-likeness (QED) is 0.146. The largest absolute Gasteiger partial charge is 0.0713 e. The Bertz CT molecular complexity index is 3600. The lowest BCUT2D eigenvalue weighted by Crippen LogP contribution is -2.28. The number of rotatable bonds is 6. The molecule has 0 heterocycles. The van der Waals surface area contributed by atoms with Crippen molar-refractivity contribution in [3.63, 3.8) is 0 Å². The lowest BCUT2D eigenvalue weighted by molar-refractivity contribution is 0.769. The van der Waals surface area contributed by atoms with Crippen LogP contribution in [0.3, 0.4) is 0 Å². The maximum atomic E-state index is 2.51. The van der Waals surface area contributed by atoms with Crippen molar-refractivity contribution in [2.24, 2.45) is 0 Å². The first-order valence-electron chi connectivity index (χ1n) is 23.8. The maximum absolute atomic E-state index is 2.51. The molecule has 0 nitrogen and oxygen atoms in total. The minimum Gasteiger partial charge on any atom is -0.0622 e. The molecular weight excluding hydrogens is 817 g/mol. The highest BCUT2D eigenvalue weighted by Crippen LogP contribution is 2.59. The number of hydrogen-bond donors (Lipinski definition) is 0. The molecule has 14 rings (SSSR count). The molecule has 0 spiro atoms. The van der Waals surface area contributed by atoms with E-state index in [2.05, 4.69) is 267 Å². The predicted molar refractivity (Wildman–Crippen MR) is 284 cm³/mol. The van der Waals surface area contributed by atoms with Crippen LogP contribution in [0.1, 0.15) is 44.5 Å². The van der Waals surface area contributed by atoms with Crippen molar-refractivity contribution in [1.29, 1.82) is 0 Å². The predicted octanol–water partition coefficient (Wildman–Crippen LogP) is 17.2. The van der Waals surface area contributed by atoms with Gasteiger partial charge in [0.25, 0.3) is 0 Å². The highest BCUT2D eigenvalue weighted by Gasteiger charge is 2.47. The molecule has 0 fully saturated rings. The van der Waals surface area contributed by atoms with Crippen molar-refractivity contribution < 1.29 is 0 Å². The first-order chi connectivity index (χ1) is 33.7. The summed E-state index contributed by atoms with van der Waals surface area (Å²) >= 11 is 0. The van der Waals surface area contributed by atoms with Crippen molar-refractivity contribution in [1.82, 2.24) is 0 Å². The molecule has 316 valence electrons. The van der Waals surface area contributed by atoms with E-state index in [1.807, 2.05) is 0 Å². The topological polar surface area (TPSA) is 0 Å². The molecule has 0 amide bonds. The summed E-state index contributed by atoms with van der Waals surface area (Å²) in [6.45, 7) is 0. The summed E-state index contributed by atoms with van der Waals surface area (Å²) in [7, 11) is 0. The van der Waals surface area contributed by atoms with E-state index in [0.717, 1.165) is 0 Å². The molecule has 0 atom stereocenters. The molecule has 0 saturated heterocycles. The summed E-state index contributed by atoms with van der Waals surface area (Å²) in [6.07, 6.45) is 0. The van der Waals surface area contributed by atoms with Gasteiger partial charge < -0.3 is 0 Å². The van der Waals surface area contributed by atoms with Gasteiger partial charge in [-0.2, -0.15) is 0 Å². The van der Waals surface area contributed by atoms with E-state index in [-0.39, 0.29) is 0 Å². The van der Waals surface area contributed by atoms with Crippen LogP contribution in [-0.4, -0.2) is 0 Å². The Kier molecular flexibility index (Phi) is 8.51. The SMILES string of the molecule is c1ccc(C2(c3ccccc3)c3ccccc3-c3ccc(-c4cc5c6ccccc6c(-c6ccc7c(c6)C(c6ccccc6)(c6ccccc6)c6ccccc6-7)cc5c5ccccc45)cc32)cc1. The first-order valence-corrected chi connectivity index (χ1v) is 23.8. The van der Waals surface area contributed by atoms with Crippen LogP contribution in [0, 0.1) is 0 Å². The number of hydrogen-bond acceptors (Lipinski definition) is 0. The van der Waals surface area contributed by atoms with Gasteiger partial charge in [-0.15, -0.1) is 0 Å². The monoisotopic (exact) mass is 860 g/mol. The van der Waals surface area contributed by atoms with Crippen LogP contribution in [0.15, 0.2) is 267 Å². The van der Waals surface area contributed by atoms with Gasteiger partial charge in [0.05, 0.1) is 10.8 Å². The summed E-state index contributed by atoms with van der Waals surface area (Å²) in [5, 5.41) is 7.53. The summed E-state index contributed by atoms with van der Waals surface area (Å²) in [4.78, 5) is 0. The third-order valence-electron chi connectivity index (χ3n) is 15.4. The Labute approximate surface area is 397 Å². The van der Waals surface area contributed by atoms with Crippen molar-refractivity contribution in [3.05, 3.63) is 311 Å². The van der Waals surface area contributed by atoms with E-state index in [1.165, 1.54) is 121 Å². The summed E-state index contributed by atoms with van der Waals surface area (Å²) in [6, 6.07) is 100. The average molecular weight is 861 g/mol. The molecule has 0 N–H and O–H groups in total. The lowest BCUT2D eigenvalue weighted by atomic mass is 9.67. The second kappa shape index (κ2) is 15.0. The van der Waals surface area contributed by atoms with Crippen molar-refractivity contribution in [3.8, 4) is 44.5 Å². The Morgan fingerprint density at radius 2 is 0.471 bits per heavy atom. The van der Waals surface area contributed by atoms with Crippen LogP contribution in [0.25, 0.3) is 76.8 Å². The molecule has 0 bridgehead atoms. The van der Waals surface area contributed by atoms with Crippen LogP contribution in [0.2, 0.25) is 0 Å². The summed E-state index contributed by atoms with van der Waals surface area (Å²) in [5.74, 6) is 0. The minimum absolute atomic E-state index is 0.478. The summed E-state index contributed by atoms with van der Waals surface area (Å²) in [5.41, 5.74) is 19.5. The van der Waals surface area contributed by atoms with Gasteiger partial charge in [-0.3, -0.25) is 0 Å². The Balaban J connectivity index is 1.01. The normalized spacial score (nSPS) is 13.8. The second-order valence-electron chi connectivity index (χ2n) is 18.6. The zero-order chi connectivity index (χ0) is 44.8. The molecule has 0 heteroatoms. The zero-order valence-corrected chi connectivity index (χ0v) is 37.4. The number of benzene rings is 12. The third-order valence-corrected chi connectivity index (χ3v) is 15.4. The molecule has 12 aromatic rings. The molecule has 2 aliphatic carbocycles. The molecule has 12 aromatic carbocycles. The van der Waals surface area contributed by atoms with Crippen molar-refractivity contribution in [2.75, 3.05) is 0 Å². The van der Waals surface area contributed by atoms with Crippen LogP contribution < -0.4 is 0 Å². The molecule has 0 radical (unpaired) electrons. The maximum Gasteiger partial charge on any atom is 0.0713 e. The van der Waals surface area contributed by atoms with Gasteiger partial charge in [0.15, 0.2) is 0 Å². The van der Waals surface area contributed by atoms with E-state index in [4.69, 9.17) is 0 Å². The van der Waals surface area contributed by atoms with Gasteiger partial charge in [0, 0.05) is 0 Å². The Hall–Kier alpha value is -8.58. The van der Waals surface area contributed by atoms with E-state index in [9.17, 15) is 0 Å². The molecule has 68 heavy (non-hydrogen) atoms. The Morgan fingerprint density at radius 1 is 0.176 bits per heavy atom. The van der Waals surface area contributed by atoms with Gasteiger partial charge in [-0.05, 0) is 146 Å². The fraction of sp³-hybridized carbons (Fsp3) is 0.0294. The number of fused-ring (bicyclic) bond motifs is 11. The molecule has 0 saturated carbocycles. The van der Waals surface area contributed by atoms with E-state index in [1.54, 1.807) is 0 Å².